The molecule has 2 aromatic rings. The van der Waals surface area contributed by atoms with Crippen LogP contribution in [0.4, 0.5) is 4.79 Å². The summed E-state index contributed by atoms with van der Waals surface area (Å²) in [6.45, 7) is 3.68. The summed E-state index contributed by atoms with van der Waals surface area (Å²) in [7, 11) is 2.07. The van der Waals surface area contributed by atoms with E-state index in [2.05, 4.69) is 17.3 Å². The van der Waals surface area contributed by atoms with Crippen molar-refractivity contribution in [2.45, 2.75) is 44.3 Å². The first-order valence-electron chi connectivity index (χ1n) is 11.1. The van der Waals surface area contributed by atoms with Gasteiger partial charge >= 0.3 is 6.03 Å². The summed E-state index contributed by atoms with van der Waals surface area (Å²) in [4.78, 5) is 44.7. The average Bonchev–Trinajstić information content (AvgIpc) is 3.41. The van der Waals surface area contributed by atoms with E-state index in [0.29, 0.717) is 18.7 Å². The maximum atomic E-state index is 13.4. The maximum absolute atomic E-state index is 13.4. The van der Waals surface area contributed by atoms with Crippen molar-refractivity contribution in [2.75, 3.05) is 26.7 Å². The monoisotopic (exact) mass is 438 g/mol. The molecular weight excluding hydrogens is 408 g/mol. The number of carbonyl (C=O) groups is 3. The molecule has 2 saturated heterocycles. The number of urea groups is 1. The lowest BCUT2D eigenvalue weighted by Crippen LogP contribution is -2.50. The second kappa shape index (κ2) is 9.16. The van der Waals surface area contributed by atoms with Crippen LogP contribution in [-0.2, 0) is 21.7 Å². The first-order valence-corrected chi connectivity index (χ1v) is 11.1. The van der Waals surface area contributed by atoms with Crippen LogP contribution >= 0.6 is 0 Å². The van der Waals surface area contributed by atoms with E-state index in [1.54, 1.807) is 17.2 Å². The smallest absolute Gasteiger partial charge is 0.325 e. The highest BCUT2D eigenvalue weighted by Gasteiger charge is 2.52. The Balaban J connectivity index is 1.54. The third-order valence-corrected chi connectivity index (χ3v) is 6.62. The van der Waals surface area contributed by atoms with E-state index in [9.17, 15) is 14.4 Å². The van der Waals surface area contributed by atoms with Crippen molar-refractivity contribution in [1.82, 2.24) is 20.0 Å². The van der Waals surface area contributed by atoms with Crippen molar-refractivity contribution in [2.24, 2.45) is 0 Å². The zero-order valence-corrected chi connectivity index (χ0v) is 18.6. The first kappa shape index (κ1) is 22.1. The Morgan fingerprint density at radius 1 is 1.16 bits per heavy atom. The quantitative estimate of drug-likeness (QED) is 0.672. The summed E-state index contributed by atoms with van der Waals surface area (Å²) in [6.07, 6.45) is 3.66. The van der Waals surface area contributed by atoms with Gasteiger partial charge in [-0.25, -0.2) is 4.79 Å². The van der Waals surface area contributed by atoms with Gasteiger partial charge in [-0.1, -0.05) is 37.3 Å². The minimum Gasteiger partial charge on any atom is -0.467 e. The second-order valence-electron chi connectivity index (χ2n) is 8.58. The third kappa shape index (κ3) is 4.14. The van der Waals surface area contributed by atoms with Crippen LogP contribution in [0.2, 0.25) is 0 Å². The number of nitrogens with one attached hydrogen (secondary N) is 1. The Labute approximate surface area is 188 Å². The van der Waals surface area contributed by atoms with Crippen LogP contribution in [0.1, 0.15) is 37.5 Å². The topological polar surface area (TPSA) is 86.1 Å². The van der Waals surface area contributed by atoms with Gasteiger partial charge in [0.2, 0.25) is 5.91 Å². The van der Waals surface area contributed by atoms with E-state index in [0.717, 1.165) is 36.4 Å². The molecule has 32 heavy (non-hydrogen) atoms. The van der Waals surface area contributed by atoms with E-state index in [1.807, 2.05) is 43.3 Å². The van der Waals surface area contributed by atoms with Crippen LogP contribution in [-0.4, -0.2) is 65.3 Å². The van der Waals surface area contributed by atoms with Crippen LogP contribution in [0.3, 0.4) is 0 Å². The van der Waals surface area contributed by atoms with Crippen LogP contribution in [0.15, 0.2) is 53.1 Å². The molecule has 4 rings (SSSR count). The van der Waals surface area contributed by atoms with Gasteiger partial charge in [0.1, 0.15) is 17.8 Å². The van der Waals surface area contributed by atoms with Gasteiger partial charge in [0.15, 0.2) is 0 Å². The lowest BCUT2D eigenvalue weighted by atomic mass is 9.87. The highest BCUT2D eigenvalue weighted by Crippen LogP contribution is 2.32. The van der Waals surface area contributed by atoms with E-state index in [-0.39, 0.29) is 24.4 Å². The zero-order chi connectivity index (χ0) is 22.7. The molecule has 0 aliphatic carbocycles. The molecule has 8 nitrogen and oxygen atoms in total. The molecule has 1 aromatic carbocycles. The van der Waals surface area contributed by atoms with Crippen molar-refractivity contribution in [3.8, 4) is 0 Å². The molecule has 8 heteroatoms. The molecule has 0 bridgehead atoms. The number of hydrogen-bond acceptors (Lipinski definition) is 5. The zero-order valence-electron chi connectivity index (χ0n) is 18.6. The molecule has 2 aliphatic rings. The molecular formula is C24H30N4O4. The van der Waals surface area contributed by atoms with Gasteiger partial charge < -0.3 is 19.5 Å². The number of piperidine rings is 1. The van der Waals surface area contributed by atoms with Gasteiger partial charge in [-0.2, -0.15) is 0 Å². The Bertz CT molecular complexity index is 954. The molecule has 170 valence electrons. The molecule has 4 amide bonds. The fourth-order valence-electron chi connectivity index (χ4n) is 4.66. The van der Waals surface area contributed by atoms with E-state index >= 15 is 0 Å². The fourth-order valence-corrected chi connectivity index (χ4v) is 4.66. The van der Waals surface area contributed by atoms with Crippen LogP contribution in [0.25, 0.3) is 0 Å². The summed E-state index contributed by atoms with van der Waals surface area (Å²) in [5.41, 5.74) is -0.420. The minimum absolute atomic E-state index is 0.0367. The summed E-state index contributed by atoms with van der Waals surface area (Å²) in [5.74, 6) is 0.0481. The number of rotatable bonds is 7. The number of carbonyl (C=O) groups excluding carboxylic acids is 3. The van der Waals surface area contributed by atoms with Crippen molar-refractivity contribution in [1.29, 1.82) is 0 Å². The largest absolute Gasteiger partial charge is 0.467 e. The Kier molecular flexibility index (Phi) is 6.32. The Morgan fingerprint density at radius 3 is 2.50 bits per heavy atom. The number of imide groups is 1. The number of hydrogen-bond donors (Lipinski definition) is 1. The summed E-state index contributed by atoms with van der Waals surface area (Å²) < 4.78 is 5.48. The number of nitrogens with zero attached hydrogens (tertiary/aromatic N) is 3. The predicted molar refractivity (Wildman–Crippen MR) is 118 cm³/mol. The van der Waals surface area contributed by atoms with Crippen molar-refractivity contribution in [3.63, 3.8) is 0 Å². The Morgan fingerprint density at radius 2 is 1.88 bits per heavy atom. The van der Waals surface area contributed by atoms with Crippen molar-refractivity contribution >= 4 is 17.8 Å². The number of amides is 4. The summed E-state index contributed by atoms with van der Waals surface area (Å²) in [5, 5.41) is 2.85. The predicted octanol–water partition coefficient (Wildman–Crippen LogP) is 2.56. The lowest BCUT2D eigenvalue weighted by Gasteiger charge is -2.37. The molecule has 1 N–H and O–H groups in total. The van der Waals surface area contributed by atoms with Gasteiger partial charge in [0.05, 0.1) is 12.8 Å². The molecule has 1 aromatic heterocycles. The van der Waals surface area contributed by atoms with Gasteiger partial charge in [0, 0.05) is 6.04 Å². The van der Waals surface area contributed by atoms with Crippen molar-refractivity contribution in [3.05, 3.63) is 60.1 Å². The van der Waals surface area contributed by atoms with Gasteiger partial charge in [0.25, 0.3) is 5.91 Å². The minimum atomic E-state index is -1.14. The second-order valence-corrected chi connectivity index (χ2v) is 8.58. The Hall–Kier alpha value is -3.13. The standard InChI is InChI=1S/C24H30N4O4/c1-3-24(18-8-5-4-6-9-18)22(30)28(23(31)25-24)17-21(29)27(16-20-10-7-15-32-20)19-11-13-26(2)14-12-19/h4-10,15,19H,3,11-14,16-17H2,1-2H3,(H,25,31). The molecule has 1 atom stereocenters. The molecule has 2 aliphatic heterocycles. The lowest BCUT2D eigenvalue weighted by molar-refractivity contribution is -0.141. The van der Waals surface area contributed by atoms with Gasteiger partial charge in [-0.15, -0.1) is 0 Å². The van der Waals surface area contributed by atoms with Gasteiger partial charge in [-0.05, 0) is 57.1 Å². The molecule has 3 heterocycles. The SMILES string of the molecule is CCC1(c2ccccc2)NC(=O)N(CC(=O)N(Cc2ccco2)C2CCN(C)CC2)C1=O. The number of likely N-dealkylation sites (tertiary alicyclic amines) is 1. The van der Waals surface area contributed by atoms with Crippen molar-refractivity contribution < 1.29 is 18.8 Å². The highest BCUT2D eigenvalue weighted by molar-refractivity contribution is 6.09. The normalized spacial score (nSPS) is 22.2. The summed E-state index contributed by atoms with van der Waals surface area (Å²) >= 11 is 0. The fraction of sp³-hybridized carbons (Fsp3) is 0.458. The highest BCUT2D eigenvalue weighted by atomic mass is 16.3. The molecule has 0 saturated carbocycles. The van der Waals surface area contributed by atoms with Gasteiger partial charge in [-0.3, -0.25) is 14.5 Å². The molecule has 0 spiro atoms. The van der Waals surface area contributed by atoms with Crippen LogP contribution in [0, 0.1) is 0 Å². The van der Waals surface area contributed by atoms with Crippen LogP contribution < -0.4 is 5.32 Å². The van der Waals surface area contributed by atoms with E-state index in [4.69, 9.17) is 4.42 Å². The average molecular weight is 439 g/mol. The first-order chi connectivity index (χ1) is 15.4. The number of benzene rings is 1. The maximum Gasteiger partial charge on any atom is 0.325 e. The van der Waals surface area contributed by atoms with Crippen LogP contribution in [0.5, 0.6) is 0 Å². The molecule has 2 fully saturated rings. The van der Waals surface area contributed by atoms with E-state index in [1.165, 1.54) is 0 Å². The van der Waals surface area contributed by atoms with E-state index < -0.39 is 11.6 Å². The summed E-state index contributed by atoms with van der Waals surface area (Å²) in [6, 6.07) is 12.3. The molecule has 0 radical (unpaired) electrons. The molecule has 1 unspecified atom stereocenters. The third-order valence-electron chi connectivity index (χ3n) is 6.62. The number of furan rings is 1.